The molecule has 1 aromatic heterocycles. The summed E-state index contributed by atoms with van der Waals surface area (Å²) < 4.78 is 6.12. The Morgan fingerprint density at radius 2 is 2.10 bits per heavy atom. The number of ether oxygens (including phenoxy) is 1. The zero-order chi connectivity index (χ0) is 19.8. The fourth-order valence-electron chi connectivity index (χ4n) is 3.82. The van der Waals surface area contributed by atoms with Crippen molar-refractivity contribution in [1.82, 2.24) is 20.5 Å². The van der Waals surface area contributed by atoms with Crippen LogP contribution in [0.1, 0.15) is 57.9 Å². The largest absolute Gasteiger partial charge is 0.474 e. The molecule has 0 aromatic carbocycles. The summed E-state index contributed by atoms with van der Waals surface area (Å²) in [6.07, 6.45) is 8.25. The first-order valence-electron chi connectivity index (χ1n) is 10.6. The third-order valence-electron chi connectivity index (χ3n) is 5.37. The fourth-order valence-corrected chi connectivity index (χ4v) is 3.82. The van der Waals surface area contributed by atoms with Crippen molar-refractivity contribution in [1.29, 1.82) is 0 Å². The summed E-state index contributed by atoms with van der Waals surface area (Å²) in [5, 5.41) is 6.78. The van der Waals surface area contributed by atoms with Crippen LogP contribution in [0.15, 0.2) is 23.3 Å². The number of halogens is 1. The normalized spacial score (nSPS) is 19.7. The average Bonchev–Trinajstić information content (AvgIpc) is 3.39. The summed E-state index contributed by atoms with van der Waals surface area (Å²) in [5.74, 6) is 1.69. The van der Waals surface area contributed by atoms with Gasteiger partial charge in [0.05, 0.1) is 6.54 Å². The lowest BCUT2D eigenvalue weighted by Crippen LogP contribution is -2.45. The molecule has 1 saturated heterocycles. The van der Waals surface area contributed by atoms with Gasteiger partial charge in [-0.3, -0.25) is 4.79 Å². The van der Waals surface area contributed by atoms with E-state index in [9.17, 15) is 4.79 Å². The van der Waals surface area contributed by atoms with E-state index in [2.05, 4.69) is 22.5 Å². The molecule has 8 heteroatoms. The van der Waals surface area contributed by atoms with Crippen LogP contribution in [0, 0.1) is 0 Å². The molecule has 1 atom stereocenters. The Bertz CT molecular complexity index is 679. The van der Waals surface area contributed by atoms with Crippen LogP contribution < -0.4 is 15.4 Å². The average molecular weight is 515 g/mol. The van der Waals surface area contributed by atoms with Crippen molar-refractivity contribution >= 4 is 35.8 Å². The second-order valence-corrected chi connectivity index (χ2v) is 7.51. The summed E-state index contributed by atoms with van der Waals surface area (Å²) in [4.78, 5) is 23.0. The van der Waals surface area contributed by atoms with Gasteiger partial charge in [0.2, 0.25) is 11.8 Å². The van der Waals surface area contributed by atoms with Gasteiger partial charge in [0.25, 0.3) is 0 Å². The van der Waals surface area contributed by atoms with E-state index < -0.39 is 0 Å². The Kier molecular flexibility index (Phi) is 9.96. The molecule has 1 amide bonds. The number of guanidine groups is 1. The number of pyridine rings is 1. The number of carbonyl (C=O) groups is 1. The molecule has 2 N–H and O–H groups in total. The van der Waals surface area contributed by atoms with Crippen LogP contribution >= 0.6 is 24.0 Å². The van der Waals surface area contributed by atoms with Crippen LogP contribution in [-0.4, -0.2) is 53.5 Å². The first-order chi connectivity index (χ1) is 13.7. The van der Waals surface area contributed by atoms with Crippen molar-refractivity contribution in [2.75, 3.05) is 19.6 Å². The molecule has 0 radical (unpaired) electrons. The van der Waals surface area contributed by atoms with E-state index >= 15 is 0 Å². The molecule has 0 spiro atoms. The topological polar surface area (TPSA) is 78.9 Å². The van der Waals surface area contributed by atoms with Crippen molar-refractivity contribution in [2.24, 2.45) is 4.99 Å². The summed E-state index contributed by atoms with van der Waals surface area (Å²) >= 11 is 0. The van der Waals surface area contributed by atoms with E-state index in [1.54, 1.807) is 6.20 Å². The van der Waals surface area contributed by atoms with Gasteiger partial charge in [0.1, 0.15) is 6.10 Å². The maximum Gasteiger partial charge on any atom is 0.222 e. The molecule has 7 nitrogen and oxygen atoms in total. The van der Waals surface area contributed by atoms with Crippen LogP contribution in [0.3, 0.4) is 0 Å². The van der Waals surface area contributed by atoms with Crippen molar-refractivity contribution in [2.45, 2.75) is 71.1 Å². The summed E-state index contributed by atoms with van der Waals surface area (Å²) in [5.41, 5.74) is 1.00. The number of aromatic nitrogens is 1. The lowest BCUT2D eigenvalue weighted by atomic mass is 10.2. The number of amides is 1. The molecule has 3 rings (SSSR count). The Balaban J connectivity index is 0.00000300. The molecule has 1 aliphatic heterocycles. The molecule has 1 aliphatic carbocycles. The maximum absolute atomic E-state index is 11.9. The first-order valence-corrected chi connectivity index (χ1v) is 10.6. The number of aliphatic imine (C=N–C) groups is 1. The molecule has 2 fully saturated rings. The second-order valence-electron chi connectivity index (χ2n) is 7.51. The van der Waals surface area contributed by atoms with E-state index in [4.69, 9.17) is 9.73 Å². The standard InChI is InChI=1S/C21H33N5O2.HI/c1-3-19(27)26-13-11-17(15-26)25-21(22-4-2)24-14-16-8-7-12-23-20(16)28-18-9-5-6-10-18;/h7-8,12,17-18H,3-6,9-11,13-15H2,1-2H3,(H2,22,24,25);1H. The number of likely N-dealkylation sites (tertiary alicyclic amines) is 1. The third kappa shape index (κ3) is 7.01. The van der Waals surface area contributed by atoms with E-state index in [-0.39, 0.29) is 42.0 Å². The maximum atomic E-state index is 11.9. The smallest absolute Gasteiger partial charge is 0.222 e. The Labute approximate surface area is 191 Å². The van der Waals surface area contributed by atoms with Crippen LogP contribution in [0.5, 0.6) is 5.88 Å². The van der Waals surface area contributed by atoms with Crippen LogP contribution in [0.4, 0.5) is 0 Å². The van der Waals surface area contributed by atoms with Crippen molar-refractivity contribution < 1.29 is 9.53 Å². The zero-order valence-corrected chi connectivity index (χ0v) is 19.9. The third-order valence-corrected chi connectivity index (χ3v) is 5.37. The number of carbonyl (C=O) groups excluding carboxylic acids is 1. The second kappa shape index (κ2) is 12.2. The minimum atomic E-state index is 0. The molecule has 29 heavy (non-hydrogen) atoms. The highest BCUT2D eigenvalue weighted by molar-refractivity contribution is 14.0. The predicted octanol–water partition coefficient (Wildman–Crippen LogP) is 3.09. The van der Waals surface area contributed by atoms with E-state index in [0.717, 1.165) is 50.4 Å². The molecule has 2 aliphatic rings. The summed E-state index contributed by atoms with van der Waals surface area (Å²) in [6.45, 7) is 6.81. The van der Waals surface area contributed by atoms with Gasteiger partial charge >= 0.3 is 0 Å². The Hall–Kier alpha value is -1.58. The van der Waals surface area contributed by atoms with Crippen molar-refractivity contribution in [3.05, 3.63) is 23.9 Å². The van der Waals surface area contributed by atoms with Gasteiger partial charge in [0.15, 0.2) is 5.96 Å². The van der Waals surface area contributed by atoms with Crippen molar-refractivity contribution in [3.8, 4) is 5.88 Å². The zero-order valence-electron chi connectivity index (χ0n) is 17.5. The molecule has 1 saturated carbocycles. The van der Waals surface area contributed by atoms with Crippen LogP contribution in [0.2, 0.25) is 0 Å². The Morgan fingerprint density at radius 1 is 1.31 bits per heavy atom. The predicted molar refractivity (Wildman–Crippen MR) is 126 cm³/mol. The number of hydrogen-bond donors (Lipinski definition) is 2. The van der Waals surface area contributed by atoms with Crippen LogP contribution in [0.25, 0.3) is 0 Å². The monoisotopic (exact) mass is 515 g/mol. The molecular formula is C21H34IN5O2. The number of rotatable bonds is 7. The first kappa shape index (κ1) is 23.7. The molecule has 2 heterocycles. The SMILES string of the molecule is CCNC(=NCc1cccnc1OC1CCCC1)NC1CCN(C(=O)CC)C1.I. The van der Waals surface area contributed by atoms with E-state index in [1.165, 1.54) is 12.8 Å². The summed E-state index contributed by atoms with van der Waals surface area (Å²) in [6, 6.07) is 4.19. The number of nitrogens with zero attached hydrogens (tertiary/aromatic N) is 3. The van der Waals surface area contributed by atoms with Gasteiger partial charge in [0, 0.05) is 43.9 Å². The van der Waals surface area contributed by atoms with Gasteiger partial charge in [-0.15, -0.1) is 24.0 Å². The summed E-state index contributed by atoms with van der Waals surface area (Å²) in [7, 11) is 0. The van der Waals surface area contributed by atoms with Gasteiger partial charge in [-0.2, -0.15) is 0 Å². The highest BCUT2D eigenvalue weighted by Crippen LogP contribution is 2.25. The quantitative estimate of drug-likeness (QED) is 0.332. The van der Waals surface area contributed by atoms with Crippen LogP contribution in [-0.2, 0) is 11.3 Å². The van der Waals surface area contributed by atoms with E-state index in [0.29, 0.717) is 18.8 Å². The minimum Gasteiger partial charge on any atom is -0.474 e. The number of hydrogen-bond acceptors (Lipinski definition) is 4. The highest BCUT2D eigenvalue weighted by atomic mass is 127. The molecule has 162 valence electrons. The molecule has 1 unspecified atom stereocenters. The minimum absolute atomic E-state index is 0. The fraction of sp³-hybridized carbons (Fsp3) is 0.667. The molecule has 1 aromatic rings. The van der Waals surface area contributed by atoms with Gasteiger partial charge in [-0.25, -0.2) is 9.98 Å². The highest BCUT2D eigenvalue weighted by Gasteiger charge is 2.26. The van der Waals surface area contributed by atoms with Crippen molar-refractivity contribution in [3.63, 3.8) is 0 Å². The van der Waals surface area contributed by atoms with Gasteiger partial charge in [-0.05, 0) is 45.1 Å². The number of nitrogens with one attached hydrogen (secondary N) is 2. The van der Waals surface area contributed by atoms with Gasteiger partial charge < -0.3 is 20.3 Å². The molecular weight excluding hydrogens is 481 g/mol. The van der Waals surface area contributed by atoms with Gasteiger partial charge in [-0.1, -0.05) is 13.0 Å². The lowest BCUT2D eigenvalue weighted by molar-refractivity contribution is -0.129. The molecule has 0 bridgehead atoms. The van der Waals surface area contributed by atoms with E-state index in [1.807, 2.05) is 24.0 Å². The Morgan fingerprint density at radius 3 is 2.83 bits per heavy atom. The lowest BCUT2D eigenvalue weighted by Gasteiger charge is -2.19.